The van der Waals surface area contributed by atoms with Crippen LogP contribution in [0.1, 0.15) is 12.0 Å². The third-order valence-corrected chi connectivity index (χ3v) is 3.15. The standard InChI is InChI=1S/C12H14BrN3O3/c1-3-4-9(14)12(17)15-10-6-11(16(18)19)7(2)5-8(10)13/h3,5-6,9H,1,4,14H2,2H3,(H,15,17). The van der Waals surface area contributed by atoms with E-state index in [1.54, 1.807) is 13.0 Å². The lowest BCUT2D eigenvalue weighted by Gasteiger charge is -2.12. The van der Waals surface area contributed by atoms with E-state index in [9.17, 15) is 14.9 Å². The van der Waals surface area contributed by atoms with Crippen LogP contribution in [0.15, 0.2) is 29.3 Å². The molecule has 0 saturated carbocycles. The topological polar surface area (TPSA) is 98.3 Å². The summed E-state index contributed by atoms with van der Waals surface area (Å²) in [4.78, 5) is 22.1. The van der Waals surface area contributed by atoms with Crippen molar-refractivity contribution in [3.63, 3.8) is 0 Å². The van der Waals surface area contributed by atoms with Crippen molar-refractivity contribution < 1.29 is 9.72 Å². The van der Waals surface area contributed by atoms with Gasteiger partial charge in [0.2, 0.25) is 5.91 Å². The molecule has 0 fully saturated rings. The molecule has 0 spiro atoms. The highest BCUT2D eigenvalue weighted by Gasteiger charge is 2.18. The molecule has 0 aliphatic carbocycles. The molecular formula is C12H14BrN3O3. The second kappa shape index (κ2) is 6.44. The van der Waals surface area contributed by atoms with E-state index >= 15 is 0 Å². The predicted molar refractivity (Wildman–Crippen MR) is 77.0 cm³/mol. The third kappa shape index (κ3) is 3.87. The number of benzene rings is 1. The van der Waals surface area contributed by atoms with E-state index in [0.717, 1.165) is 0 Å². The van der Waals surface area contributed by atoms with Gasteiger partial charge < -0.3 is 11.1 Å². The maximum absolute atomic E-state index is 11.7. The van der Waals surface area contributed by atoms with E-state index in [-0.39, 0.29) is 5.69 Å². The van der Waals surface area contributed by atoms with Gasteiger partial charge in [0.25, 0.3) is 5.69 Å². The molecule has 6 nitrogen and oxygen atoms in total. The normalized spacial score (nSPS) is 11.7. The lowest BCUT2D eigenvalue weighted by atomic mass is 10.1. The number of carbonyl (C=O) groups excluding carboxylic acids is 1. The molecule has 0 bridgehead atoms. The Hall–Kier alpha value is -1.73. The molecule has 0 radical (unpaired) electrons. The van der Waals surface area contributed by atoms with Gasteiger partial charge in [-0.25, -0.2) is 0 Å². The number of hydrogen-bond acceptors (Lipinski definition) is 4. The molecule has 1 aromatic carbocycles. The number of carbonyl (C=O) groups is 1. The second-order valence-corrected chi connectivity index (χ2v) is 4.85. The molecule has 7 heteroatoms. The fourth-order valence-corrected chi connectivity index (χ4v) is 2.02. The van der Waals surface area contributed by atoms with E-state index in [1.807, 2.05) is 0 Å². The number of amides is 1. The van der Waals surface area contributed by atoms with Crippen LogP contribution in [0.3, 0.4) is 0 Å². The molecule has 0 heterocycles. The van der Waals surface area contributed by atoms with Crippen molar-refractivity contribution in [2.24, 2.45) is 5.73 Å². The molecule has 0 aliphatic heterocycles. The molecule has 3 N–H and O–H groups in total. The average Bonchev–Trinajstić information content (AvgIpc) is 2.32. The molecule has 102 valence electrons. The Kier molecular flexibility index (Phi) is 5.20. The summed E-state index contributed by atoms with van der Waals surface area (Å²) in [6.07, 6.45) is 1.87. The zero-order valence-electron chi connectivity index (χ0n) is 10.4. The smallest absolute Gasteiger partial charge is 0.274 e. The van der Waals surface area contributed by atoms with Crippen LogP contribution in [0.4, 0.5) is 11.4 Å². The average molecular weight is 328 g/mol. The van der Waals surface area contributed by atoms with E-state index in [4.69, 9.17) is 5.73 Å². The van der Waals surface area contributed by atoms with Gasteiger partial charge in [-0.15, -0.1) is 6.58 Å². The minimum atomic E-state index is -0.732. The van der Waals surface area contributed by atoms with E-state index in [0.29, 0.717) is 22.1 Å². The van der Waals surface area contributed by atoms with Crippen molar-refractivity contribution in [2.75, 3.05) is 5.32 Å². The highest BCUT2D eigenvalue weighted by atomic mass is 79.9. The van der Waals surface area contributed by atoms with Gasteiger partial charge in [0.05, 0.1) is 16.7 Å². The Bertz CT molecular complexity index is 531. The summed E-state index contributed by atoms with van der Waals surface area (Å²) in [7, 11) is 0. The second-order valence-electron chi connectivity index (χ2n) is 4.00. The van der Waals surface area contributed by atoms with E-state index in [2.05, 4.69) is 27.8 Å². The van der Waals surface area contributed by atoms with Crippen LogP contribution in [0.2, 0.25) is 0 Å². The molecule has 1 aromatic rings. The maximum Gasteiger partial charge on any atom is 0.274 e. The number of nitro benzene ring substituents is 1. The number of aryl methyl sites for hydroxylation is 1. The quantitative estimate of drug-likeness (QED) is 0.493. The SMILES string of the molecule is C=CCC(N)C(=O)Nc1cc([N+](=O)[O-])c(C)cc1Br. The van der Waals surface area contributed by atoms with E-state index < -0.39 is 16.9 Å². The summed E-state index contributed by atoms with van der Waals surface area (Å²) in [6.45, 7) is 5.12. The number of nitrogens with two attached hydrogens (primary N) is 1. The number of nitrogens with zero attached hydrogens (tertiary/aromatic N) is 1. The summed E-state index contributed by atoms with van der Waals surface area (Å²) in [5.41, 5.74) is 6.39. The van der Waals surface area contributed by atoms with Crippen LogP contribution in [-0.4, -0.2) is 16.9 Å². The van der Waals surface area contributed by atoms with Gasteiger partial charge in [-0.3, -0.25) is 14.9 Å². The molecule has 0 aromatic heterocycles. The molecule has 0 aliphatic rings. The van der Waals surface area contributed by atoms with Crippen LogP contribution in [0.5, 0.6) is 0 Å². The minimum absolute atomic E-state index is 0.0595. The first-order valence-electron chi connectivity index (χ1n) is 5.48. The first kappa shape index (κ1) is 15.3. The first-order chi connectivity index (χ1) is 8.86. The van der Waals surface area contributed by atoms with Crippen molar-refractivity contribution >= 4 is 33.2 Å². The van der Waals surface area contributed by atoms with Crippen molar-refractivity contribution in [1.82, 2.24) is 0 Å². The van der Waals surface area contributed by atoms with E-state index in [1.165, 1.54) is 12.1 Å². The van der Waals surface area contributed by atoms with Crippen molar-refractivity contribution in [3.05, 3.63) is 44.9 Å². The summed E-state index contributed by atoms with van der Waals surface area (Å²) < 4.78 is 0.565. The lowest BCUT2D eigenvalue weighted by molar-refractivity contribution is -0.385. The van der Waals surface area contributed by atoms with Crippen LogP contribution >= 0.6 is 15.9 Å². The predicted octanol–water partition coefficient (Wildman–Crippen LogP) is 2.51. The van der Waals surface area contributed by atoms with Gasteiger partial charge in [0.1, 0.15) is 0 Å². The molecule has 1 amide bonds. The van der Waals surface area contributed by atoms with Crippen LogP contribution in [0.25, 0.3) is 0 Å². The monoisotopic (exact) mass is 327 g/mol. The number of anilines is 1. The zero-order valence-corrected chi connectivity index (χ0v) is 11.9. The van der Waals surface area contributed by atoms with Crippen molar-refractivity contribution in [2.45, 2.75) is 19.4 Å². The lowest BCUT2D eigenvalue weighted by Crippen LogP contribution is -2.35. The summed E-state index contributed by atoms with van der Waals surface area (Å²) in [5.74, 6) is -0.418. The number of hydrogen-bond donors (Lipinski definition) is 2. The van der Waals surface area contributed by atoms with Gasteiger partial charge in [0, 0.05) is 16.1 Å². The Morgan fingerprint density at radius 2 is 2.32 bits per heavy atom. The fourth-order valence-electron chi connectivity index (χ4n) is 1.47. The summed E-state index contributed by atoms with van der Waals surface area (Å²) in [6, 6.07) is 2.15. The number of halogens is 1. The zero-order chi connectivity index (χ0) is 14.6. The van der Waals surface area contributed by atoms with Gasteiger partial charge in [-0.1, -0.05) is 6.08 Å². The Balaban J connectivity index is 3.01. The number of nitrogens with one attached hydrogen (secondary N) is 1. The summed E-state index contributed by atoms with van der Waals surface area (Å²) in [5, 5.41) is 13.4. The van der Waals surface area contributed by atoms with Gasteiger partial charge >= 0.3 is 0 Å². The molecule has 1 unspecified atom stereocenters. The molecule has 1 atom stereocenters. The molecule has 0 saturated heterocycles. The van der Waals surface area contributed by atoms with Crippen LogP contribution in [0, 0.1) is 17.0 Å². The Morgan fingerprint density at radius 1 is 1.68 bits per heavy atom. The van der Waals surface area contributed by atoms with Crippen LogP contribution < -0.4 is 11.1 Å². The molecule has 19 heavy (non-hydrogen) atoms. The van der Waals surface area contributed by atoms with Gasteiger partial charge in [-0.05, 0) is 35.3 Å². The number of nitro groups is 1. The minimum Gasteiger partial charge on any atom is -0.323 e. The molecular weight excluding hydrogens is 314 g/mol. The molecule has 1 rings (SSSR count). The third-order valence-electron chi connectivity index (χ3n) is 2.50. The Morgan fingerprint density at radius 3 is 2.84 bits per heavy atom. The maximum atomic E-state index is 11.7. The fraction of sp³-hybridized carbons (Fsp3) is 0.250. The van der Waals surface area contributed by atoms with Crippen molar-refractivity contribution in [3.8, 4) is 0 Å². The number of rotatable bonds is 5. The first-order valence-corrected chi connectivity index (χ1v) is 6.28. The summed E-state index contributed by atoms with van der Waals surface area (Å²) >= 11 is 3.25. The Labute approximate surface area is 119 Å². The highest BCUT2D eigenvalue weighted by molar-refractivity contribution is 9.10. The largest absolute Gasteiger partial charge is 0.323 e. The van der Waals surface area contributed by atoms with Crippen molar-refractivity contribution in [1.29, 1.82) is 0 Å². The van der Waals surface area contributed by atoms with Gasteiger partial charge in [-0.2, -0.15) is 0 Å². The highest BCUT2D eigenvalue weighted by Crippen LogP contribution is 2.30. The van der Waals surface area contributed by atoms with Crippen LogP contribution in [-0.2, 0) is 4.79 Å². The van der Waals surface area contributed by atoms with Gasteiger partial charge in [0.15, 0.2) is 0 Å².